The van der Waals surface area contributed by atoms with Crippen molar-refractivity contribution < 1.29 is 9.18 Å². The van der Waals surface area contributed by atoms with E-state index in [1.165, 1.54) is 12.8 Å². The molecular weight excluding hydrogens is 358 g/mol. The molecule has 1 aliphatic carbocycles. The SMILES string of the molecule is O=C1Nc2cc(I)c(F)cc2N2CC3CCCC3C12. The third-order valence-electron chi connectivity index (χ3n) is 4.76. The van der Waals surface area contributed by atoms with Gasteiger partial charge in [0.2, 0.25) is 5.91 Å². The van der Waals surface area contributed by atoms with E-state index in [1.807, 2.05) is 22.6 Å². The van der Waals surface area contributed by atoms with Gasteiger partial charge >= 0.3 is 0 Å². The van der Waals surface area contributed by atoms with Crippen molar-refractivity contribution in [3.05, 3.63) is 21.5 Å². The van der Waals surface area contributed by atoms with Gasteiger partial charge in [-0.3, -0.25) is 4.79 Å². The summed E-state index contributed by atoms with van der Waals surface area (Å²) in [5.41, 5.74) is 1.61. The third kappa shape index (κ3) is 1.63. The predicted molar refractivity (Wildman–Crippen MR) is 79.7 cm³/mol. The molecule has 0 radical (unpaired) electrons. The van der Waals surface area contributed by atoms with E-state index in [0.29, 0.717) is 15.4 Å². The second kappa shape index (κ2) is 4.07. The van der Waals surface area contributed by atoms with Crippen LogP contribution in [0.1, 0.15) is 19.3 Å². The first kappa shape index (κ1) is 11.9. The average molecular weight is 372 g/mol. The molecule has 0 spiro atoms. The van der Waals surface area contributed by atoms with Crippen LogP contribution >= 0.6 is 22.6 Å². The molecule has 4 rings (SSSR count). The minimum atomic E-state index is -0.202. The lowest BCUT2D eigenvalue weighted by Crippen LogP contribution is -2.46. The molecule has 0 bridgehead atoms. The van der Waals surface area contributed by atoms with Crippen molar-refractivity contribution in [2.45, 2.75) is 25.3 Å². The molecule has 100 valence electrons. The lowest BCUT2D eigenvalue weighted by molar-refractivity contribution is -0.118. The smallest absolute Gasteiger partial charge is 0.247 e. The van der Waals surface area contributed by atoms with Crippen LogP contribution < -0.4 is 10.2 Å². The molecule has 0 aromatic heterocycles. The van der Waals surface area contributed by atoms with Crippen LogP contribution in [0.25, 0.3) is 0 Å². The highest BCUT2D eigenvalue weighted by Gasteiger charge is 2.50. The average Bonchev–Trinajstić information content (AvgIpc) is 2.91. The van der Waals surface area contributed by atoms with Gasteiger partial charge in [0.15, 0.2) is 0 Å². The van der Waals surface area contributed by atoms with Crippen molar-refractivity contribution >= 4 is 39.9 Å². The number of rotatable bonds is 0. The van der Waals surface area contributed by atoms with Crippen LogP contribution in [0.5, 0.6) is 0 Å². The van der Waals surface area contributed by atoms with Gasteiger partial charge in [0, 0.05) is 12.6 Å². The van der Waals surface area contributed by atoms with Gasteiger partial charge in [-0.2, -0.15) is 0 Å². The molecule has 5 heteroatoms. The monoisotopic (exact) mass is 372 g/mol. The molecule has 2 aliphatic heterocycles. The van der Waals surface area contributed by atoms with Crippen LogP contribution in [0.2, 0.25) is 0 Å². The number of halogens is 2. The zero-order valence-corrected chi connectivity index (χ0v) is 12.5. The molecular formula is C14H14FIN2O. The Morgan fingerprint density at radius 3 is 3.05 bits per heavy atom. The molecule has 3 aliphatic rings. The third-order valence-corrected chi connectivity index (χ3v) is 5.59. The highest BCUT2D eigenvalue weighted by molar-refractivity contribution is 14.1. The van der Waals surface area contributed by atoms with Crippen LogP contribution in [0.4, 0.5) is 15.8 Å². The van der Waals surface area contributed by atoms with E-state index >= 15 is 0 Å². The van der Waals surface area contributed by atoms with E-state index in [1.54, 1.807) is 12.1 Å². The van der Waals surface area contributed by atoms with Crippen LogP contribution in [-0.2, 0) is 4.79 Å². The first-order valence-electron chi connectivity index (χ1n) is 6.71. The number of benzene rings is 1. The Morgan fingerprint density at radius 2 is 2.21 bits per heavy atom. The molecule has 19 heavy (non-hydrogen) atoms. The maximum Gasteiger partial charge on any atom is 0.247 e. The van der Waals surface area contributed by atoms with E-state index < -0.39 is 0 Å². The normalized spacial score (nSPS) is 31.8. The van der Waals surface area contributed by atoms with Crippen molar-refractivity contribution in [2.75, 3.05) is 16.8 Å². The molecule has 2 fully saturated rings. The van der Waals surface area contributed by atoms with Crippen LogP contribution in [0.15, 0.2) is 12.1 Å². The molecule has 2 heterocycles. The number of carbonyl (C=O) groups excluding carboxylic acids is 1. The van der Waals surface area contributed by atoms with E-state index in [0.717, 1.165) is 24.3 Å². The fourth-order valence-electron chi connectivity index (χ4n) is 3.97. The minimum absolute atomic E-state index is 0.0838. The molecule has 3 nitrogen and oxygen atoms in total. The van der Waals surface area contributed by atoms with Crippen molar-refractivity contribution in [3.63, 3.8) is 0 Å². The van der Waals surface area contributed by atoms with Gasteiger partial charge in [-0.05, 0) is 53.3 Å². The zero-order chi connectivity index (χ0) is 13.1. The summed E-state index contributed by atoms with van der Waals surface area (Å²) in [6, 6.07) is 3.22. The number of amides is 1. The molecule has 1 aromatic rings. The van der Waals surface area contributed by atoms with Crippen molar-refractivity contribution in [3.8, 4) is 0 Å². The van der Waals surface area contributed by atoms with Crippen molar-refractivity contribution in [1.29, 1.82) is 0 Å². The lowest BCUT2D eigenvalue weighted by Gasteiger charge is -2.35. The van der Waals surface area contributed by atoms with Gasteiger partial charge < -0.3 is 10.2 Å². The highest BCUT2D eigenvalue weighted by Crippen LogP contribution is 2.48. The van der Waals surface area contributed by atoms with Gasteiger partial charge in [-0.1, -0.05) is 6.42 Å². The van der Waals surface area contributed by atoms with Gasteiger partial charge in [0.1, 0.15) is 11.9 Å². The van der Waals surface area contributed by atoms with E-state index in [4.69, 9.17) is 0 Å². The highest BCUT2D eigenvalue weighted by atomic mass is 127. The fourth-order valence-corrected chi connectivity index (χ4v) is 4.44. The molecule has 3 unspecified atom stereocenters. The zero-order valence-electron chi connectivity index (χ0n) is 10.3. The van der Waals surface area contributed by atoms with E-state index in [-0.39, 0.29) is 17.8 Å². The van der Waals surface area contributed by atoms with Crippen LogP contribution in [-0.4, -0.2) is 18.5 Å². The Morgan fingerprint density at radius 1 is 1.37 bits per heavy atom. The van der Waals surface area contributed by atoms with Crippen molar-refractivity contribution in [2.24, 2.45) is 11.8 Å². The maximum atomic E-state index is 13.8. The lowest BCUT2D eigenvalue weighted by atomic mass is 9.92. The first-order chi connectivity index (χ1) is 9.15. The second-order valence-electron chi connectivity index (χ2n) is 5.72. The number of fused-ring (bicyclic) bond motifs is 5. The first-order valence-corrected chi connectivity index (χ1v) is 7.79. The Hall–Kier alpha value is -0.850. The summed E-state index contributed by atoms with van der Waals surface area (Å²) in [6.07, 6.45) is 3.55. The molecule has 3 atom stereocenters. The summed E-state index contributed by atoms with van der Waals surface area (Å²) in [6.45, 7) is 0.899. The number of carbonyl (C=O) groups is 1. The van der Waals surface area contributed by atoms with Gasteiger partial charge in [-0.15, -0.1) is 0 Å². The number of nitrogens with zero attached hydrogens (tertiary/aromatic N) is 1. The topological polar surface area (TPSA) is 32.3 Å². The Balaban J connectivity index is 1.82. The maximum absolute atomic E-state index is 13.8. The molecule has 1 N–H and O–H groups in total. The molecule has 1 saturated carbocycles. The van der Waals surface area contributed by atoms with Crippen molar-refractivity contribution in [1.82, 2.24) is 0 Å². The molecule has 1 aromatic carbocycles. The Labute approximate surface area is 124 Å². The summed E-state index contributed by atoms with van der Waals surface area (Å²) in [5.74, 6) is 0.940. The van der Waals surface area contributed by atoms with E-state index in [2.05, 4.69) is 10.2 Å². The summed E-state index contributed by atoms with van der Waals surface area (Å²) >= 11 is 1.96. The molecule has 1 saturated heterocycles. The minimum Gasteiger partial charge on any atom is -0.357 e. The Bertz CT molecular complexity index is 577. The fraction of sp³-hybridized carbons (Fsp3) is 0.500. The largest absolute Gasteiger partial charge is 0.357 e. The standard InChI is InChI=1S/C14H14FIN2O/c15-9-4-12-11(5-10(9)16)17-14(19)13-8-3-1-2-7(8)6-18(12)13/h4-5,7-8,13H,1-3,6H2,(H,17,19). The van der Waals surface area contributed by atoms with Gasteiger partial charge in [-0.25, -0.2) is 4.39 Å². The number of hydrogen-bond donors (Lipinski definition) is 1. The van der Waals surface area contributed by atoms with Crippen LogP contribution in [0.3, 0.4) is 0 Å². The summed E-state index contributed by atoms with van der Waals surface area (Å²) in [4.78, 5) is 14.5. The Kier molecular flexibility index (Phi) is 2.56. The number of anilines is 2. The molecule has 1 amide bonds. The van der Waals surface area contributed by atoms with E-state index in [9.17, 15) is 9.18 Å². The number of hydrogen-bond acceptors (Lipinski definition) is 2. The summed E-state index contributed by atoms with van der Waals surface area (Å²) in [7, 11) is 0. The van der Waals surface area contributed by atoms with Gasteiger partial charge in [0.05, 0.1) is 14.9 Å². The number of nitrogens with one attached hydrogen (secondary N) is 1. The van der Waals surface area contributed by atoms with Crippen LogP contribution in [0, 0.1) is 21.2 Å². The quantitative estimate of drug-likeness (QED) is 0.711. The second-order valence-corrected chi connectivity index (χ2v) is 6.89. The summed E-state index contributed by atoms with van der Waals surface area (Å²) in [5, 5.41) is 2.96. The van der Waals surface area contributed by atoms with Gasteiger partial charge in [0.25, 0.3) is 0 Å². The predicted octanol–water partition coefficient (Wildman–Crippen LogP) is 2.99. The summed E-state index contributed by atoms with van der Waals surface area (Å²) < 4.78 is 14.4.